The highest BCUT2D eigenvalue weighted by Crippen LogP contribution is 2.20. The molecule has 2 aromatic rings. The number of hydrogen-bond acceptors (Lipinski definition) is 4. The molecule has 0 aliphatic rings. The van der Waals surface area contributed by atoms with Gasteiger partial charge in [-0.05, 0) is 19.9 Å². The Hall–Kier alpha value is -2.82. The summed E-state index contributed by atoms with van der Waals surface area (Å²) in [6.07, 6.45) is 0. The maximum atomic E-state index is 12.5. The highest BCUT2D eigenvalue weighted by Gasteiger charge is 2.18. The molecular weight excluding hydrogens is 270 g/mol. The van der Waals surface area contributed by atoms with E-state index in [1.54, 1.807) is 18.2 Å². The van der Waals surface area contributed by atoms with E-state index in [4.69, 9.17) is 0 Å². The number of nitrogens with zero attached hydrogens (tertiary/aromatic N) is 1. The van der Waals surface area contributed by atoms with E-state index in [9.17, 15) is 19.7 Å². The molecular formula is C16H13NO4. The first-order chi connectivity index (χ1) is 9.90. The van der Waals surface area contributed by atoms with Crippen LogP contribution in [0.3, 0.4) is 0 Å². The van der Waals surface area contributed by atoms with Gasteiger partial charge in [0.05, 0.1) is 4.92 Å². The molecule has 0 heterocycles. The summed E-state index contributed by atoms with van der Waals surface area (Å²) in [4.78, 5) is 34.4. The van der Waals surface area contributed by atoms with E-state index >= 15 is 0 Å². The van der Waals surface area contributed by atoms with Crippen molar-refractivity contribution in [3.8, 4) is 0 Å². The van der Waals surface area contributed by atoms with Crippen molar-refractivity contribution in [2.45, 2.75) is 13.8 Å². The fourth-order valence-electron chi connectivity index (χ4n) is 2.06. The predicted molar refractivity (Wildman–Crippen MR) is 77.7 cm³/mol. The number of rotatable bonds is 4. The zero-order chi connectivity index (χ0) is 15.6. The van der Waals surface area contributed by atoms with Crippen LogP contribution in [0.2, 0.25) is 0 Å². The van der Waals surface area contributed by atoms with E-state index in [0.717, 1.165) is 5.56 Å². The molecule has 2 rings (SSSR count). The largest absolute Gasteiger partial charge is 0.294 e. The molecule has 0 saturated carbocycles. The van der Waals surface area contributed by atoms with Gasteiger partial charge in [-0.3, -0.25) is 19.7 Å². The number of Topliss-reactive ketones (excluding diaryl/α,β-unsaturated/α-hetero) is 1. The molecule has 0 saturated heterocycles. The van der Waals surface area contributed by atoms with Crippen LogP contribution in [0.1, 0.15) is 38.8 Å². The van der Waals surface area contributed by atoms with Gasteiger partial charge in [0.2, 0.25) is 0 Å². The lowest BCUT2D eigenvalue weighted by atomic mass is 9.95. The predicted octanol–water partition coefficient (Wildman–Crippen LogP) is 3.34. The van der Waals surface area contributed by atoms with Crippen LogP contribution in [0, 0.1) is 17.0 Å². The smallest absolute Gasteiger partial charge is 0.270 e. The van der Waals surface area contributed by atoms with E-state index in [1.807, 2.05) is 6.92 Å². The van der Waals surface area contributed by atoms with Crippen molar-refractivity contribution in [2.24, 2.45) is 0 Å². The number of aryl methyl sites for hydroxylation is 1. The molecule has 0 fully saturated rings. The van der Waals surface area contributed by atoms with Crippen LogP contribution in [-0.4, -0.2) is 16.5 Å². The second-order valence-corrected chi connectivity index (χ2v) is 4.74. The Morgan fingerprint density at radius 3 is 2.38 bits per heavy atom. The number of nitro benzene ring substituents is 1. The van der Waals surface area contributed by atoms with Crippen molar-refractivity contribution in [3.63, 3.8) is 0 Å². The molecule has 0 amide bonds. The second-order valence-electron chi connectivity index (χ2n) is 4.74. The monoisotopic (exact) mass is 283 g/mol. The zero-order valence-corrected chi connectivity index (χ0v) is 11.6. The van der Waals surface area contributed by atoms with Gasteiger partial charge >= 0.3 is 0 Å². The molecule has 0 aliphatic carbocycles. The lowest BCUT2D eigenvalue weighted by molar-refractivity contribution is -0.384. The van der Waals surface area contributed by atoms with Crippen molar-refractivity contribution < 1.29 is 14.5 Å². The van der Waals surface area contributed by atoms with Crippen LogP contribution in [0.5, 0.6) is 0 Å². The van der Waals surface area contributed by atoms with Gasteiger partial charge in [0.15, 0.2) is 11.6 Å². The first-order valence-corrected chi connectivity index (χ1v) is 6.31. The zero-order valence-electron chi connectivity index (χ0n) is 11.6. The number of ketones is 2. The minimum Gasteiger partial charge on any atom is -0.294 e. The average Bonchev–Trinajstić information content (AvgIpc) is 2.46. The summed E-state index contributed by atoms with van der Waals surface area (Å²) in [6.45, 7) is 3.22. The van der Waals surface area contributed by atoms with Crippen LogP contribution in [0.4, 0.5) is 5.69 Å². The summed E-state index contributed by atoms with van der Waals surface area (Å²) in [5.41, 5.74) is 1.49. The molecule has 0 unspecified atom stereocenters. The van der Waals surface area contributed by atoms with Gasteiger partial charge in [-0.15, -0.1) is 0 Å². The normalized spacial score (nSPS) is 10.2. The van der Waals surface area contributed by atoms with Crippen molar-refractivity contribution in [1.82, 2.24) is 0 Å². The number of carbonyl (C=O) groups is 2. The summed E-state index contributed by atoms with van der Waals surface area (Å²) in [6, 6.07) is 10.4. The van der Waals surface area contributed by atoms with Crippen molar-refractivity contribution >= 4 is 17.3 Å². The maximum Gasteiger partial charge on any atom is 0.270 e. The van der Waals surface area contributed by atoms with Gasteiger partial charge < -0.3 is 0 Å². The third kappa shape index (κ3) is 3.02. The van der Waals surface area contributed by atoms with Crippen LogP contribution in [-0.2, 0) is 0 Å². The number of benzene rings is 2. The van der Waals surface area contributed by atoms with E-state index in [2.05, 4.69) is 0 Å². The van der Waals surface area contributed by atoms with Crippen LogP contribution < -0.4 is 0 Å². The molecule has 0 atom stereocenters. The lowest BCUT2D eigenvalue weighted by Gasteiger charge is -2.07. The maximum absolute atomic E-state index is 12.5. The Labute approximate surface area is 121 Å². The Kier molecular flexibility index (Phi) is 3.93. The molecule has 0 N–H and O–H groups in total. The van der Waals surface area contributed by atoms with Gasteiger partial charge in [0, 0.05) is 28.8 Å². The number of hydrogen-bond donors (Lipinski definition) is 0. The van der Waals surface area contributed by atoms with Crippen LogP contribution in [0.15, 0.2) is 42.5 Å². The van der Waals surface area contributed by atoms with E-state index < -0.39 is 10.7 Å². The quantitative estimate of drug-likeness (QED) is 0.490. The minimum absolute atomic E-state index is 0.155. The third-order valence-electron chi connectivity index (χ3n) is 3.12. The molecule has 0 spiro atoms. The highest BCUT2D eigenvalue weighted by atomic mass is 16.6. The fourth-order valence-corrected chi connectivity index (χ4v) is 2.06. The van der Waals surface area contributed by atoms with Gasteiger partial charge in [-0.25, -0.2) is 0 Å². The third-order valence-corrected chi connectivity index (χ3v) is 3.12. The van der Waals surface area contributed by atoms with Gasteiger partial charge in [-0.2, -0.15) is 0 Å². The second kappa shape index (κ2) is 5.66. The molecule has 21 heavy (non-hydrogen) atoms. The molecule has 0 radical (unpaired) electrons. The summed E-state index contributed by atoms with van der Waals surface area (Å²) >= 11 is 0. The summed E-state index contributed by atoms with van der Waals surface area (Å²) < 4.78 is 0. The lowest BCUT2D eigenvalue weighted by Crippen LogP contribution is -2.09. The summed E-state index contributed by atoms with van der Waals surface area (Å²) in [5.74, 6) is -0.614. The van der Waals surface area contributed by atoms with Crippen molar-refractivity contribution in [1.29, 1.82) is 0 Å². The Morgan fingerprint density at radius 2 is 1.76 bits per heavy atom. The first-order valence-electron chi connectivity index (χ1n) is 6.31. The molecule has 2 aromatic carbocycles. The SMILES string of the molecule is CC(=O)c1cc(C)ccc1C(=O)c1cccc([N+](=O)[O-])c1. The molecule has 0 aromatic heterocycles. The fraction of sp³-hybridized carbons (Fsp3) is 0.125. The van der Waals surface area contributed by atoms with Crippen molar-refractivity contribution in [3.05, 3.63) is 74.8 Å². The van der Waals surface area contributed by atoms with Gasteiger partial charge in [0.1, 0.15) is 0 Å². The standard InChI is InChI=1S/C16H13NO4/c1-10-6-7-14(15(8-10)11(2)18)16(19)12-4-3-5-13(9-12)17(20)21/h3-9H,1-2H3. The van der Waals surface area contributed by atoms with E-state index in [1.165, 1.54) is 31.2 Å². The Bertz CT molecular complexity index is 750. The van der Waals surface area contributed by atoms with E-state index in [0.29, 0.717) is 5.56 Å². The molecule has 5 heteroatoms. The van der Waals surface area contributed by atoms with Crippen LogP contribution >= 0.6 is 0 Å². The Balaban J connectivity index is 2.52. The van der Waals surface area contributed by atoms with E-state index in [-0.39, 0.29) is 22.6 Å². The molecule has 106 valence electrons. The number of carbonyl (C=O) groups excluding carboxylic acids is 2. The van der Waals surface area contributed by atoms with Crippen molar-refractivity contribution in [2.75, 3.05) is 0 Å². The number of nitro groups is 1. The summed E-state index contributed by atoms with van der Waals surface area (Å²) in [5, 5.41) is 10.8. The average molecular weight is 283 g/mol. The van der Waals surface area contributed by atoms with Crippen LogP contribution in [0.25, 0.3) is 0 Å². The highest BCUT2D eigenvalue weighted by molar-refractivity contribution is 6.15. The first kappa shape index (κ1) is 14.6. The Morgan fingerprint density at radius 1 is 1.05 bits per heavy atom. The van der Waals surface area contributed by atoms with Gasteiger partial charge in [0.25, 0.3) is 5.69 Å². The van der Waals surface area contributed by atoms with Gasteiger partial charge in [-0.1, -0.05) is 29.8 Å². The summed E-state index contributed by atoms with van der Waals surface area (Å²) in [7, 11) is 0. The molecule has 0 aliphatic heterocycles. The minimum atomic E-state index is -0.558. The molecule has 0 bridgehead atoms. The molecule has 5 nitrogen and oxygen atoms in total. The number of non-ortho nitro benzene ring substituents is 1. The topological polar surface area (TPSA) is 77.3 Å².